The van der Waals surface area contributed by atoms with Gasteiger partial charge in [0, 0.05) is 24.4 Å². The van der Waals surface area contributed by atoms with E-state index >= 15 is 0 Å². The summed E-state index contributed by atoms with van der Waals surface area (Å²) in [4.78, 5) is 4.23. The lowest BCUT2D eigenvalue weighted by Crippen LogP contribution is -2.15. The van der Waals surface area contributed by atoms with Crippen LogP contribution in [0.5, 0.6) is 5.75 Å². The summed E-state index contributed by atoms with van der Waals surface area (Å²) in [6.45, 7) is 1.83. The maximum Gasteiger partial charge on any atom is 0.167 e. The summed E-state index contributed by atoms with van der Waals surface area (Å²) in [5, 5.41) is 0. The number of halogens is 2. The average Bonchev–Trinajstić information content (AvgIpc) is 2.80. The van der Waals surface area contributed by atoms with Gasteiger partial charge in [-0.25, -0.2) is 17.8 Å². The summed E-state index contributed by atoms with van der Waals surface area (Å²) in [5.41, 5.74) is 1.04. The van der Waals surface area contributed by atoms with Crippen LogP contribution in [0.1, 0.15) is 12.7 Å². The second-order valence-electron chi connectivity index (χ2n) is 4.53. The fourth-order valence-corrected chi connectivity index (χ4v) is 3.01. The number of aromatic nitrogens is 2. The Morgan fingerprint density at radius 3 is 2.71 bits per heavy atom. The quantitative estimate of drug-likeness (QED) is 0.761. The molecule has 0 aliphatic carbocycles. The lowest BCUT2D eigenvalue weighted by atomic mass is 10.3. The van der Waals surface area contributed by atoms with E-state index in [9.17, 15) is 12.8 Å². The molecule has 5 nitrogen and oxygen atoms in total. The Bertz CT molecular complexity index is 758. The van der Waals surface area contributed by atoms with Crippen molar-refractivity contribution in [2.24, 2.45) is 0 Å². The number of hydrogen-bond donors (Lipinski definition) is 0. The first-order valence-corrected chi connectivity index (χ1v) is 8.76. The monoisotopic (exact) mass is 334 g/mol. The molecule has 8 heteroatoms. The number of hydrogen-bond acceptors (Lipinski definition) is 4. The fourth-order valence-electron chi connectivity index (χ4n) is 2.06. The molecule has 2 rings (SSSR count). The van der Waals surface area contributed by atoms with Gasteiger partial charge in [0.2, 0.25) is 0 Å². The lowest BCUT2D eigenvalue weighted by molar-refractivity contribution is 0.387. The van der Waals surface area contributed by atoms with Gasteiger partial charge in [0.05, 0.1) is 29.8 Å². The van der Waals surface area contributed by atoms with Crippen molar-refractivity contribution in [2.75, 3.05) is 18.6 Å². The number of ether oxygens (including phenoxy) is 1. The molecule has 116 valence electrons. The molecule has 0 amide bonds. The first-order valence-electron chi connectivity index (χ1n) is 6.41. The standard InChI is InChI=1S/C13H16ClFN2O3S/c1-3-21(18,19)5-4-17-11-7-12(20-2)9(15)6-10(11)16-13(17)8-14/h6-7H,3-5,8H2,1-2H3. The molecule has 0 bridgehead atoms. The summed E-state index contributed by atoms with van der Waals surface area (Å²) in [6, 6.07) is 2.77. The number of nitrogens with zero attached hydrogens (tertiary/aromatic N) is 2. The van der Waals surface area contributed by atoms with Crippen molar-refractivity contribution in [2.45, 2.75) is 19.3 Å². The number of rotatable bonds is 6. The summed E-state index contributed by atoms with van der Waals surface area (Å²) >= 11 is 5.84. The van der Waals surface area contributed by atoms with Gasteiger partial charge < -0.3 is 9.30 Å². The van der Waals surface area contributed by atoms with Gasteiger partial charge >= 0.3 is 0 Å². The van der Waals surface area contributed by atoms with Gasteiger partial charge in [-0.1, -0.05) is 6.92 Å². The van der Waals surface area contributed by atoms with Crippen molar-refractivity contribution in [3.05, 3.63) is 23.8 Å². The van der Waals surface area contributed by atoms with E-state index in [1.807, 2.05) is 0 Å². The molecule has 2 aromatic rings. The number of alkyl halides is 1. The average molecular weight is 335 g/mol. The van der Waals surface area contributed by atoms with Gasteiger partial charge in [-0.2, -0.15) is 0 Å². The molecule has 1 aromatic heterocycles. The van der Waals surface area contributed by atoms with Crippen LogP contribution in [0.25, 0.3) is 11.0 Å². The van der Waals surface area contributed by atoms with Crippen molar-refractivity contribution in [3.8, 4) is 5.75 Å². The Kier molecular flexibility index (Phi) is 4.73. The number of aryl methyl sites for hydroxylation is 1. The van der Waals surface area contributed by atoms with Gasteiger partial charge in [-0.15, -0.1) is 11.6 Å². The highest BCUT2D eigenvalue weighted by Crippen LogP contribution is 2.26. The second kappa shape index (κ2) is 6.19. The molecule has 0 saturated heterocycles. The van der Waals surface area contributed by atoms with E-state index in [0.717, 1.165) is 0 Å². The number of sulfone groups is 1. The van der Waals surface area contributed by atoms with Crippen LogP contribution in [0.2, 0.25) is 0 Å². The highest BCUT2D eigenvalue weighted by Gasteiger charge is 2.16. The van der Waals surface area contributed by atoms with Crippen LogP contribution in [0.15, 0.2) is 12.1 Å². The molecule has 0 unspecified atom stereocenters. The van der Waals surface area contributed by atoms with Crippen LogP contribution in [0, 0.1) is 5.82 Å². The van der Waals surface area contributed by atoms with E-state index in [4.69, 9.17) is 16.3 Å². The molecule has 0 aliphatic heterocycles. The van der Waals surface area contributed by atoms with Crippen molar-refractivity contribution < 1.29 is 17.5 Å². The van der Waals surface area contributed by atoms with E-state index in [2.05, 4.69) is 4.98 Å². The van der Waals surface area contributed by atoms with Crippen LogP contribution >= 0.6 is 11.6 Å². The predicted molar refractivity (Wildman–Crippen MR) is 80.1 cm³/mol. The molecule has 1 aromatic carbocycles. The number of benzene rings is 1. The zero-order valence-electron chi connectivity index (χ0n) is 11.8. The smallest absolute Gasteiger partial charge is 0.167 e. The SMILES string of the molecule is CCS(=O)(=O)CCn1c(CCl)nc2cc(F)c(OC)cc21. The van der Waals surface area contributed by atoms with Gasteiger partial charge in [-0.05, 0) is 0 Å². The van der Waals surface area contributed by atoms with Crippen LogP contribution in [0.3, 0.4) is 0 Å². The van der Waals surface area contributed by atoms with Crippen LogP contribution < -0.4 is 4.74 Å². The third-order valence-corrected chi connectivity index (χ3v) is 5.21. The molecule has 0 N–H and O–H groups in total. The summed E-state index contributed by atoms with van der Waals surface area (Å²) in [7, 11) is -1.74. The van der Waals surface area contributed by atoms with Gasteiger partial charge in [0.15, 0.2) is 21.4 Å². The molecule has 0 fully saturated rings. The Labute approximate surface area is 127 Å². The minimum absolute atomic E-state index is 0.0153. The minimum atomic E-state index is -3.11. The van der Waals surface area contributed by atoms with Crippen LogP contribution in [-0.2, 0) is 22.3 Å². The molecule has 0 aliphatic rings. The van der Waals surface area contributed by atoms with E-state index < -0.39 is 15.7 Å². The Hall–Kier alpha value is -1.34. The van der Waals surface area contributed by atoms with E-state index in [-0.39, 0.29) is 29.7 Å². The molecule has 0 saturated carbocycles. The van der Waals surface area contributed by atoms with E-state index in [0.29, 0.717) is 16.9 Å². The van der Waals surface area contributed by atoms with Crippen molar-refractivity contribution in [1.82, 2.24) is 9.55 Å². The summed E-state index contributed by atoms with van der Waals surface area (Å²) in [5.74, 6) is 0.252. The molecule has 1 heterocycles. The summed E-state index contributed by atoms with van der Waals surface area (Å²) in [6.07, 6.45) is 0. The minimum Gasteiger partial charge on any atom is -0.494 e. The number of fused-ring (bicyclic) bond motifs is 1. The number of methoxy groups -OCH3 is 1. The molecular weight excluding hydrogens is 319 g/mol. The van der Waals surface area contributed by atoms with Crippen molar-refractivity contribution in [3.63, 3.8) is 0 Å². The third-order valence-electron chi connectivity index (χ3n) is 3.29. The Morgan fingerprint density at radius 2 is 2.14 bits per heavy atom. The van der Waals surface area contributed by atoms with E-state index in [1.165, 1.54) is 19.2 Å². The Morgan fingerprint density at radius 1 is 1.43 bits per heavy atom. The van der Waals surface area contributed by atoms with Crippen LogP contribution in [0.4, 0.5) is 4.39 Å². The largest absolute Gasteiger partial charge is 0.494 e. The van der Waals surface area contributed by atoms with Crippen LogP contribution in [-0.4, -0.2) is 36.6 Å². The molecular formula is C13H16ClFN2O3S. The maximum atomic E-state index is 13.7. The lowest BCUT2D eigenvalue weighted by Gasteiger charge is -2.08. The highest BCUT2D eigenvalue weighted by molar-refractivity contribution is 7.91. The number of imidazole rings is 1. The molecule has 0 atom stereocenters. The molecule has 0 radical (unpaired) electrons. The first-order chi connectivity index (χ1) is 9.91. The molecule has 0 spiro atoms. The molecule has 21 heavy (non-hydrogen) atoms. The zero-order chi connectivity index (χ0) is 15.6. The summed E-state index contributed by atoms with van der Waals surface area (Å²) < 4.78 is 43.6. The topological polar surface area (TPSA) is 61.2 Å². The first kappa shape index (κ1) is 16.0. The van der Waals surface area contributed by atoms with Crippen molar-refractivity contribution >= 4 is 32.5 Å². The third kappa shape index (κ3) is 3.29. The Balaban J connectivity index is 2.49. The second-order valence-corrected chi connectivity index (χ2v) is 7.27. The van der Waals surface area contributed by atoms with Crippen molar-refractivity contribution in [1.29, 1.82) is 0 Å². The zero-order valence-corrected chi connectivity index (χ0v) is 13.3. The maximum absolute atomic E-state index is 13.7. The predicted octanol–water partition coefficient (Wildman–Crippen LogP) is 2.36. The van der Waals surface area contributed by atoms with Gasteiger partial charge in [0.25, 0.3) is 0 Å². The van der Waals surface area contributed by atoms with Gasteiger partial charge in [0.1, 0.15) is 5.82 Å². The highest BCUT2D eigenvalue weighted by atomic mass is 35.5. The van der Waals surface area contributed by atoms with Gasteiger partial charge in [-0.3, -0.25) is 0 Å². The fraction of sp³-hybridized carbons (Fsp3) is 0.462. The normalized spacial score (nSPS) is 12.0. The van der Waals surface area contributed by atoms with E-state index in [1.54, 1.807) is 11.5 Å².